The van der Waals surface area contributed by atoms with E-state index in [4.69, 9.17) is 20.2 Å². The minimum atomic E-state index is -0.319. The van der Waals surface area contributed by atoms with Crippen LogP contribution in [0.25, 0.3) is 33.5 Å². The van der Waals surface area contributed by atoms with Gasteiger partial charge in [-0.1, -0.05) is 6.07 Å². The third-order valence-corrected chi connectivity index (χ3v) is 7.29. The summed E-state index contributed by atoms with van der Waals surface area (Å²) in [5.41, 5.74) is 11.9. The zero-order valence-electron chi connectivity index (χ0n) is 21.2. The molecule has 0 amide bonds. The van der Waals surface area contributed by atoms with Crippen LogP contribution in [0.2, 0.25) is 0 Å². The van der Waals surface area contributed by atoms with Crippen LogP contribution in [-0.4, -0.2) is 60.4 Å². The number of anilines is 2. The van der Waals surface area contributed by atoms with E-state index in [2.05, 4.69) is 26.3 Å². The van der Waals surface area contributed by atoms with Gasteiger partial charge in [0.1, 0.15) is 28.7 Å². The summed E-state index contributed by atoms with van der Waals surface area (Å²) in [5.74, 6) is 0.971. The lowest BCUT2D eigenvalue weighted by atomic mass is 9.95. The summed E-state index contributed by atoms with van der Waals surface area (Å²) in [7, 11) is 1.55. The molecule has 2 saturated heterocycles. The quantitative estimate of drug-likeness (QED) is 0.377. The fraction of sp³-hybridized carbons (Fsp3) is 0.321. The van der Waals surface area contributed by atoms with Gasteiger partial charge in [-0.25, -0.2) is 14.4 Å². The smallest absolute Gasteiger partial charge is 0.145 e. The van der Waals surface area contributed by atoms with Crippen LogP contribution in [0.4, 0.5) is 15.9 Å². The van der Waals surface area contributed by atoms with E-state index in [9.17, 15) is 9.65 Å². The van der Waals surface area contributed by atoms with Crippen molar-refractivity contribution in [3.8, 4) is 34.3 Å². The molecule has 0 spiro atoms. The summed E-state index contributed by atoms with van der Waals surface area (Å²) in [5, 5.41) is 13.0. The largest absolute Gasteiger partial charge is 0.494 e. The number of aromatic nitrogens is 3. The Bertz CT molecular complexity index is 1560. The fourth-order valence-electron chi connectivity index (χ4n) is 5.58. The lowest BCUT2D eigenvalue weighted by Gasteiger charge is -2.43. The van der Waals surface area contributed by atoms with E-state index in [0.29, 0.717) is 58.3 Å². The Morgan fingerprint density at radius 2 is 2.13 bits per heavy atom. The van der Waals surface area contributed by atoms with Crippen molar-refractivity contribution in [1.29, 1.82) is 5.26 Å². The van der Waals surface area contributed by atoms with Crippen LogP contribution < -0.4 is 20.7 Å². The van der Waals surface area contributed by atoms with Gasteiger partial charge >= 0.3 is 0 Å². The summed E-state index contributed by atoms with van der Waals surface area (Å²) >= 11 is 0. The number of nitrogens with zero attached hydrogens (tertiary/aromatic N) is 4. The minimum absolute atomic E-state index is 0.00999. The van der Waals surface area contributed by atoms with Gasteiger partial charge in [-0.15, -0.1) is 0 Å². The second kappa shape index (κ2) is 9.59. The Hall–Kier alpha value is -4.20. The predicted molar refractivity (Wildman–Crippen MR) is 143 cm³/mol. The number of aryl methyl sites for hydroxylation is 1. The zero-order chi connectivity index (χ0) is 26.4. The molecule has 9 nitrogen and oxygen atoms in total. The van der Waals surface area contributed by atoms with Gasteiger partial charge in [-0.2, -0.15) is 5.26 Å². The number of pyridine rings is 1. The number of benzene rings is 2. The van der Waals surface area contributed by atoms with E-state index in [1.807, 2.05) is 13.0 Å². The molecule has 194 valence electrons. The molecule has 4 aromatic rings. The van der Waals surface area contributed by atoms with Crippen LogP contribution >= 0.6 is 0 Å². The normalized spacial score (nSPS) is 19.3. The number of hydrogen-bond acceptors (Lipinski definition) is 8. The monoisotopic (exact) mass is 513 g/mol. The number of imidazole rings is 1. The highest BCUT2D eigenvalue weighted by molar-refractivity contribution is 5.96. The van der Waals surface area contributed by atoms with Crippen molar-refractivity contribution >= 4 is 22.5 Å². The number of nitriles is 1. The second-order valence-corrected chi connectivity index (χ2v) is 9.77. The first kappa shape index (κ1) is 24.2. The number of morpholine rings is 1. The van der Waals surface area contributed by atoms with Gasteiger partial charge in [0.15, 0.2) is 0 Å². The number of ether oxygens (including phenoxy) is 2. The molecule has 2 aromatic carbocycles. The summed E-state index contributed by atoms with van der Waals surface area (Å²) < 4.78 is 26.2. The lowest BCUT2D eigenvalue weighted by molar-refractivity contribution is -0.00899. The van der Waals surface area contributed by atoms with Crippen molar-refractivity contribution in [2.45, 2.75) is 25.5 Å². The number of piperidine rings is 1. The van der Waals surface area contributed by atoms with E-state index >= 15 is 0 Å². The molecule has 0 aliphatic carbocycles. The number of rotatable bonds is 4. The summed E-state index contributed by atoms with van der Waals surface area (Å²) in [4.78, 5) is 14.9. The fourth-order valence-corrected chi connectivity index (χ4v) is 5.58. The van der Waals surface area contributed by atoms with Gasteiger partial charge in [-0.3, -0.25) is 0 Å². The van der Waals surface area contributed by atoms with Crippen LogP contribution in [-0.2, 0) is 4.74 Å². The molecule has 2 aliphatic heterocycles. The molecule has 0 radical (unpaired) electrons. The van der Waals surface area contributed by atoms with Gasteiger partial charge in [0.05, 0.1) is 48.2 Å². The predicted octanol–water partition coefficient (Wildman–Crippen LogP) is 3.77. The van der Waals surface area contributed by atoms with Crippen LogP contribution in [0.1, 0.15) is 17.5 Å². The van der Waals surface area contributed by atoms with Crippen molar-refractivity contribution in [2.24, 2.45) is 0 Å². The third kappa shape index (κ3) is 4.20. The Balaban J connectivity index is 1.57. The number of hydrogen-bond donors (Lipinski definition) is 3. The maximum Gasteiger partial charge on any atom is 0.145 e. The number of H-pyrrole nitrogens is 1. The molecule has 6 rings (SSSR count). The van der Waals surface area contributed by atoms with Crippen LogP contribution in [0.15, 0.2) is 36.5 Å². The van der Waals surface area contributed by atoms with E-state index in [1.54, 1.807) is 25.4 Å². The van der Waals surface area contributed by atoms with Crippen molar-refractivity contribution in [2.75, 3.05) is 44.0 Å². The average Bonchev–Trinajstić information content (AvgIpc) is 3.35. The number of nitrogen functional groups attached to an aromatic ring is 1. The molecule has 0 unspecified atom stereocenters. The molecule has 0 saturated carbocycles. The van der Waals surface area contributed by atoms with Gasteiger partial charge in [0.25, 0.3) is 0 Å². The first-order valence-electron chi connectivity index (χ1n) is 12.6. The summed E-state index contributed by atoms with van der Waals surface area (Å²) in [6.45, 7) is 4.74. The number of nitrogens with two attached hydrogens (primary N) is 1. The van der Waals surface area contributed by atoms with Crippen LogP contribution in [0, 0.1) is 24.1 Å². The SMILES string of the molecule is COc1cc(C#N)cc2nc(-c3c(N)ncc(-c4cc(C)cc(F)c4)c3N3CC[C@@H]4NCCO[C@H]4C3)[nH]c12. The lowest BCUT2D eigenvalue weighted by Crippen LogP contribution is -2.58. The number of fused-ring (bicyclic) bond motifs is 2. The Labute approximate surface area is 219 Å². The molecule has 4 heterocycles. The number of aromatic amines is 1. The molecule has 38 heavy (non-hydrogen) atoms. The Morgan fingerprint density at radius 1 is 1.26 bits per heavy atom. The zero-order valence-corrected chi connectivity index (χ0v) is 21.2. The molecule has 10 heteroatoms. The Morgan fingerprint density at radius 3 is 2.92 bits per heavy atom. The molecule has 2 fully saturated rings. The van der Waals surface area contributed by atoms with Gasteiger partial charge in [-0.05, 0) is 42.7 Å². The first-order valence-corrected chi connectivity index (χ1v) is 12.6. The molecule has 2 aromatic heterocycles. The highest BCUT2D eigenvalue weighted by Crippen LogP contribution is 2.43. The number of halogens is 1. The van der Waals surface area contributed by atoms with Gasteiger partial charge in [0.2, 0.25) is 0 Å². The van der Waals surface area contributed by atoms with Crippen molar-refractivity contribution in [3.63, 3.8) is 0 Å². The van der Waals surface area contributed by atoms with E-state index in [-0.39, 0.29) is 18.0 Å². The minimum Gasteiger partial charge on any atom is -0.494 e. The van der Waals surface area contributed by atoms with E-state index in [0.717, 1.165) is 36.3 Å². The van der Waals surface area contributed by atoms with Crippen molar-refractivity contribution in [1.82, 2.24) is 20.3 Å². The Kier molecular flexibility index (Phi) is 6.10. The molecule has 0 bridgehead atoms. The summed E-state index contributed by atoms with van der Waals surface area (Å²) in [6.07, 6.45) is 2.59. The maximum atomic E-state index is 14.6. The molecular weight excluding hydrogens is 485 g/mol. The van der Waals surface area contributed by atoms with Gasteiger partial charge in [0, 0.05) is 43.5 Å². The van der Waals surface area contributed by atoms with E-state index in [1.165, 1.54) is 12.1 Å². The van der Waals surface area contributed by atoms with Crippen molar-refractivity contribution < 1.29 is 13.9 Å². The van der Waals surface area contributed by atoms with Crippen LogP contribution in [0.3, 0.4) is 0 Å². The van der Waals surface area contributed by atoms with E-state index < -0.39 is 0 Å². The molecule has 2 aliphatic rings. The highest BCUT2D eigenvalue weighted by atomic mass is 19.1. The van der Waals surface area contributed by atoms with Crippen molar-refractivity contribution in [3.05, 3.63) is 53.5 Å². The number of methoxy groups -OCH3 is 1. The first-order chi connectivity index (χ1) is 18.4. The maximum absolute atomic E-state index is 14.6. The molecular formula is C28H28FN7O2. The number of nitrogens with one attached hydrogen (secondary N) is 2. The highest BCUT2D eigenvalue weighted by Gasteiger charge is 2.35. The molecule has 4 N–H and O–H groups in total. The average molecular weight is 514 g/mol. The topological polar surface area (TPSA) is 125 Å². The third-order valence-electron chi connectivity index (χ3n) is 7.29. The van der Waals surface area contributed by atoms with Gasteiger partial charge < -0.3 is 30.4 Å². The molecule has 2 atom stereocenters. The standard InChI is InChI=1S/C28H28FN7O2/c1-15-7-17(11-18(29)8-15)19-13-33-27(31)24(26(19)36-5-3-20-23(14-36)38-6-4-32-20)28-34-21-9-16(12-30)10-22(37-2)25(21)35-28/h7-11,13,20,23,32H,3-6,14H2,1-2H3,(H2,31,33)(H,34,35)/t20-,23-/m0/s1. The van der Waals surface area contributed by atoms with Crippen LogP contribution in [0.5, 0.6) is 5.75 Å². The second-order valence-electron chi connectivity index (χ2n) is 9.77. The summed E-state index contributed by atoms with van der Waals surface area (Å²) in [6, 6.07) is 10.8.